The number of ether oxygens (including phenoxy) is 2. The molecule has 0 aromatic heterocycles. The highest BCUT2D eigenvalue weighted by Crippen LogP contribution is 2.31. The van der Waals surface area contributed by atoms with Crippen molar-refractivity contribution in [1.29, 1.82) is 0 Å². The fourth-order valence-electron chi connectivity index (χ4n) is 2.97. The van der Waals surface area contributed by atoms with Crippen LogP contribution in [0.3, 0.4) is 0 Å². The molecule has 6 nitrogen and oxygen atoms in total. The van der Waals surface area contributed by atoms with Gasteiger partial charge in [-0.3, -0.25) is 20.4 Å². The van der Waals surface area contributed by atoms with Crippen molar-refractivity contribution in [2.75, 3.05) is 6.61 Å². The third-order valence-corrected chi connectivity index (χ3v) is 5.46. The summed E-state index contributed by atoms with van der Waals surface area (Å²) in [4.78, 5) is 24.8. The maximum absolute atomic E-state index is 12.6. The van der Waals surface area contributed by atoms with Gasteiger partial charge in [0.2, 0.25) is 0 Å². The lowest BCUT2D eigenvalue weighted by Gasteiger charge is -2.20. The predicted molar refractivity (Wildman–Crippen MR) is 131 cm³/mol. The summed E-state index contributed by atoms with van der Waals surface area (Å²) in [6, 6.07) is 22.3. The predicted octanol–water partition coefficient (Wildman–Crippen LogP) is 5.17. The molecule has 0 bridgehead atoms. The molecule has 0 aliphatic carbocycles. The van der Waals surface area contributed by atoms with E-state index in [-0.39, 0.29) is 12.0 Å². The second-order valence-electron chi connectivity index (χ2n) is 8.46. The van der Waals surface area contributed by atoms with E-state index in [2.05, 4.69) is 47.6 Å². The first-order chi connectivity index (χ1) is 15.7. The van der Waals surface area contributed by atoms with Gasteiger partial charge in [-0.15, -0.1) is 0 Å². The molecule has 33 heavy (non-hydrogen) atoms. The molecule has 0 atom stereocenters. The van der Waals surface area contributed by atoms with Crippen LogP contribution in [0.5, 0.6) is 11.5 Å². The second kappa shape index (κ2) is 11.0. The van der Waals surface area contributed by atoms with Crippen molar-refractivity contribution in [3.8, 4) is 11.5 Å². The van der Waals surface area contributed by atoms with Crippen LogP contribution in [0, 0.1) is 0 Å². The van der Waals surface area contributed by atoms with Crippen LogP contribution in [0.4, 0.5) is 0 Å². The molecule has 2 N–H and O–H groups in total. The smallest absolute Gasteiger partial charge is 0.276 e. The Morgan fingerprint density at radius 2 is 1.55 bits per heavy atom. The third kappa shape index (κ3) is 7.08. The van der Waals surface area contributed by atoms with E-state index in [4.69, 9.17) is 9.47 Å². The number of amides is 2. The van der Waals surface area contributed by atoms with Gasteiger partial charge in [-0.1, -0.05) is 69.3 Å². The van der Waals surface area contributed by atoms with Gasteiger partial charge >= 0.3 is 0 Å². The normalized spacial score (nSPS) is 10.9. The zero-order chi connectivity index (χ0) is 23.8. The molecule has 172 valence electrons. The molecule has 3 aromatic rings. The van der Waals surface area contributed by atoms with E-state index < -0.39 is 11.8 Å². The highest BCUT2D eigenvalue weighted by Gasteiger charge is 2.16. The minimum Gasteiger partial charge on any atom is -0.488 e. The topological polar surface area (TPSA) is 76.7 Å². The maximum Gasteiger partial charge on any atom is 0.276 e. The van der Waals surface area contributed by atoms with Gasteiger partial charge in [-0.25, -0.2) is 0 Å². The second-order valence-corrected chi connectivity index (χ2v) is 9.31. The largest absolute Gasteiger partial charge is 0.488 e. The average molecular weight is 511 g/mol. The van der Waals surface area contributed by atoms with Crippen molar-refractivity contribution in [3.63, 3.8) is 0 Å². The first-order valence-electron chi connectivity index (χ1n) is 10.5. The maximum atomic E-state index is 12.6. The number of hydrazine groups is 1. The standard InChI is InChI=1S/C26H27BrN2O4/c1-26(2,3)19-13-14-23(21(27)15-19)33-17-24(30)28-29-25(31)20-11-7-8-12-22(20)32-16-18-9-5-4-6-10-18/h4-15H,16-17H2,1-3H3,(H,28,30)(H,29,31). The summed E-state index contributed by atoms with van der Waals surface area (Å²) in [5.74, 6) is -0.00286. The van der Waals surface area contributed by atoms with E-state index >= 15 is 0 Å². The van der Waals surface area contributed by atoms with Gasteiger partial charge in [0.25, 0.3) is 11.8 Å². The van der Waals surface area contributed by atoms with Crippen molar-refractivity contribution in [3.05, 3.63) is 94.0 Å². The molecule has 0 saturated carbocycles. The van der Waals surface area contributed by atoms with E-state index in [1.165, 1.54) is 0 Å². The lowest BCUT2D eigenvalue weighted by Crippen LogP contribution is -2.43. The minimum atomic E-state index is -0.488. The number of hydrogen-bond acceptors (Lipinski definition) is 4. The monoisotopic (exact) mass is 510 g/mol. The molecule has 0 radical (unpaired) electrons. The Bertz CT molecular complexity index is 1110. The molecule has 0 unspecified atom stereocenters. The first kappa shape index (κ1) is 24.3. The Labute approximate surface area is 202 Å². The van der Waals surface area contributed by atoms with Crippen LogP contribution < -0.4 is 20.3 Å². The van der Waals surface area contributed by atoms with Gasteiger partial charge in [-0.2, -0.15) is 0 Å². The molecule has 3 aromatic carbocycles. The summed E-state index contributed by atoms with van der Waals surface area (Å²) < 4.78 is 12.1. The molecular formula is C26H27BrN2O4. The number of carbonyl (C=O) groups excluding carboxylic acids is 2. The summed E-state index contributed by atoms with van der Waals surface area (Å²) in [6.07, 6.45) is 0. The summed E-state index contributed by atoms with van der Waals surface area (Å²) in [5, 5.41) is 0. The lowest BCUT2D eigenvalue weighted by atomic mass is 9.87. The SMILES string of the molecule is CC(C)(C)c1ccc(OCC(=O)NNC(=O)c2ccccc2OCc2ccccc2)c(Br)c1. The molecule has 0 heterocycles. The summed E-state index contributed by atoms with van der Waals surface area (Å²) in [6.45, 7) is 6.44. The van der Waals surface area contributed by atoms with Crippen LogP contribution in [0.15, 0.2) is 77.3 Å². The van der Waals surface area contributed by atoms with E-state index in [0.717, 1.165) is 15.6 Å². The van der Waals surface area contributed by atoms with E-state index in [1.807, 2.05) is 48.5 Å². The molecule has 2 amide bonds. The summed E-state index contributed by atoms with van der Waals surface area (Å²) in [5.41, 5.74) is 7.23. The van der Waals surface area contributed by atoms with Gasteiger partial charge in [0.05, 0.1) is 10.0 Å². The quantitative estimate of drug-likeness (QED) is 0.430. The highest BCUT2D eigenvalue weighted by molar-refractivity contribution is 9.10. The molecule has 0 saturated heterocycles. The Morgan fingerprint density at radius 1 is 0.848 bits per heavy atom. The fraction of sp³-hybridized carbons (Fsp3) is 0.231. The number of halogens is 1. The number of carbonyl (C=O) groups is 2. The number of hydrogen-bond donors (Lipinski definition) is 2. The molecule has 7 heteroatoms. The van der Waals surface area contributed by atoms with Crippen LogP contribution in [0.1, 0.15) is 42.3 Å². The third-order valence-electron chi connectivity index (χ3n) is 4.84. The molecule has 0 spiro atoms. The zero-order valence-corrected chi connectivity index (χ0v) is 20.4. The molecule has 3 rings (SSSR count). The van der Waals surface area contributed by atoms with Crippen molar-refractivity contribution in [2.24, 2.45) is 0 Å². The van der Waals surface area contributed by atoms with Crippen LogP contribution in [-0.2, 0) is 16.8 Å². The van der Waals surface area contributed by atoms with Crippen LogP contribution >= 0.6 is 15.9 Å². The Kier molecular flexibility index (Phi) is 8.11. The number of rotatable bonds is 7. The summed E-state index contributed by atoms with van der Waals surface area (Å²) in [7, 11) is 0. The van der Waals surface area contributed by atoms with E-state index in [1.54, 1.807) is 24.3 Å². The average Bonchev–Trinajstić information content (AvgIpc) is 2.80. The van der Waals surface area contributed by atoms with Crippen LogP contribution in [0.2, 0.25) is 0 Å². The fourth-order valence-corrected chi connectivity index (χ4v) is 3.47. The zero-order valence-electron chi connectivity index (χ0n) is 18.9. The van der Waals surface area contributed by atoms with Gasteiger partial charge in [0, 0.05) is 0 Å². The van der Waals surface area contributed by atoms with Crippen molar-refractivity contribution < 1.29 is 19.1 Å². The van der Waals surface area contributed by atoms with E-state index in [9.17, 15) is 9.59 Å². The van der Waals surface area contributed by atoms with Gasteiger partial charge in [-0.05, 0) is 56.7 Å². The van der Waals surface area contributed by atoms with Gasteiger partial charge < -0.3 is 9.47 Å². The summed E-state index contributed by atoms with van der Waals surface area (Å²) >= 11 is 3.48. The van der Waals surface area contributed by atoms with Crippen LogP contribution in [-0.4, -0.2) is 18.4 Å². The molecular weight excluding hydrogens is 484 g/mol. The Morgan fingerprint density at radius 3 is 2.24 bits per heavy atom. The first-order valence-corrected chi connectivity index (χ1v) is 11.3. The minimum absolute atomic E-state index is 0.00378. The Hall–Kier alpha value is -3.32. The van der Waals surface area contributed by atoms with Gasteiger partial charge in [0.1, 0.15) is 18.1 Å². The van der Waals surface area contributed by atoms with Crippen molar-refractivity contribution in [1.82, 2.24) is 10.9 Å². The number of para-hydroxylation sites is 1. The van der Waals surface area contributed by atoms with Crippen molar-refractivity contribution >= 4 is 27.7 Å². The Balaban J connectivity index is 1.52. The van der Waals surface area contributed by atoms with Crippen molar-refractivity contribution in [2.45, 2.75) is 32.8 Å². The van der Waals surface area contributed by atoms with Gasteiger partial charge in [0.15, 0.2) is 6.61 Å². The molecule has 0 aliphatic heterocycles. The van der Waals surface area contributed by atoms with Crippen LogP contribution in [0.25, 0.3) is 0 Å². The number of nitrogens with one attached hydrogen (secondary N) is 2. The lowest BCUT2D eigenvalue weighted by molar-refractivity contribution is -0.123. The number of benzene rings is 3. The molecule has 0 fully saturated rings. The highest BCUT2D eigenvalue weighted by atomic mass is 79.9. The van der Waals surface area contributed by atoms with E-state index in [0.29, 0.717) is 23.7 Å². The molecule has 0 aliphatic rings.